The van der Waals surface area contributed by atoms with Gasteiger partial charge in [0.05, 0.1) is 16.6 Å². The Balaban J connectivity index is 1.77. The van der Waals surface area contributed by atoms with Crippen LogP contribution in [0.15, 0.2) is 41.7 Å². The van der Waals surface area contributed by atoms with Crippen LogP contribution in [0.4, 0.5) is 5.69 Å². The van der Waals surface area contributed by atoms with Crippen LogP contribution >= 0.6 is 23.4 Å². The predicted molar refractivity (Wildman–Crippen MR) is 102 cm³/mol. The van der Waals surface area contributed by atoms with Crippen molar-refractivity contribution in [3.63, 3.8) is 0 Å². The molecule has 0 saturated heterocycles. The Labute approximate surface area is 160 Å². The molecule has 2 heterocycles. The molecule has 3 aromatic rings. The molecule has 0 unspecified atom stereocenters. The van der Waals surface area contributed by atoms with Crippen LogP contribution < -0.4 is 5.32 Å². The maximum atomic E-state index is 12.5. The van der Waals surface area contributed by atoms with E-state index in [0.29, 0.717) is 10.8 Å². The molecule has 0 bridgehead atoms. The molecule has 26 heavy (non-hydrogen) atoms. The molecule has 9 heteroatoms. The quantitative estimate of drug-likeness (QED) is 0.532. The zero-order valence-electron chi connectivity index (χ0n) is 14.5. The highest BCUT2D eigenvalue weighted by atomic mass is 35.5. The number of hydrogen-bond donors (Lipinski definition) is 1. The summed E-state index contributed by atoms with van der Waals surface area (Å²) in [5, 5.41) is 15.0. The summed E-state index contributed by atoms with van der Waals surface area (Å²) in [5.41, 5.74) is 3.51. The minimum atomic E-state index is -0.430. The first-order valence-electron chi connectivity index (χ1n) is 7.89. The van der Waals surface area contributed by atoms with Gasteiger partial charge in [0.25, 0.3) is 0 Å². The van der Waals surface area contributed by atoms with Gasteiger partial charge in [0.15, 0.2) is 5.15 Å². The fourth-order valence-electron chi connectivity index (χ4n) is 2.28. The Kier molecular flexibility index (Phi) is 5.53. The lowest BCUT2D eigenvalue weighted by Gasteiger charge is -2.13. The van der Waals surface area contributed by atoms with E-state index in [4.69, 9.17) is 11.6 Å². The van der Waals surface area contributed by atoms with Crippen molar-refractivity contribution in [2.45, 2.75) is 31.2 Å². The van der Waals surface area contributed by atoms with E-state index in [-0.39, 0.29) is 11.1 Å². The molecular formula is C17H17ClN6OS. The number of amides is 1. The Morgan fingerprint density at radius 1 is 1.31 bits per heavy atom. The average Bonchev–Trinajstić information content (AvgIpc) is 3.07. The van der Waals surface area contributed by atoms with Gasteiger partial charge in [0.2, 0.25) is 11.1 Å². The maximum absolute atomic E-state index is 12.5. The van der Waals surface area contributed by atoms with Crippen molar-refractivity contribution in [3.8, 4) is 5.69 Å². The van der Waals surface area contributed by atoms with Gasteiger partial charge >= 0.3 is 0 Å². The first-order chi connectivity index (χ1) is 12.5. The van der Waals surface area contributed by atoms with Crippen molar-refractivity contribution in [1.82, 2.24) is 25.2 Å². The van der Waals surface area contributed by atoms with Crippen LogP contribution in [0.1, 0.15) is 18.1 Å². The largest absolute Gasteiger partial charge is 0.322 e. The minimum absolute atomic E-state index is 0.208. The van der Waals surface area contributed by atoms with Gasteiger partial charge in [0, 0.05) is 6.20 Å². The second-order valence-corrected chi connectivity index (χ2v) is 7.42. The standard InChI is InChI=1S/C17H17ClN6OS/c1-10-6-7-11(2)14(9-10)24-17(21-22-23-24)26-12(3)16(25)20-13-5-4-8-19-15(13)18/h4-9,12H,1-3H3,(H,20,25)/t12-/m1/s1. The van der Waals surface area contributed by atoms with Gasteiger partial charge in [-0.15, -0.1) is 5.10 Å². The van der Waals surface area contributed by atoms with Gasteiger partial charge < -0.3 is 5.32 Å². The molecule has 0 aliphatic rings. The third-order valence-corrected chi connectivity index (χ3v) is 5.04. The van der Waals surface area contributed by atoms with Gasteiger partial charge in [-0.25, -0.2) is 4.98 Å². The third-order valence-electron chi connectivity index (χ3n) is 3.70. The van der Waals surface area contributed by atoms with Crippen molar-refractivity contribution in [3.05, 3.63) is 52.8 Å². The first kappa shape index (κ1) is 18.3. The molecule has 3 rings (SSSR count). The molecule has 1 aromatic carbocycles. The summed E-state index contributed by atoms with van der Waals surface area (Å²) < 4.78 is 1.65. The number of anilines is 1. The van der Waals surface area contributed by atoms with E-state index >= 15 is 0 Å². The van der Waals surface area contributed by atoms with E-state index in [1.54, 1.807) is 29.9 Å². The van der Waals surface area contributed by atoms with Crippen LogP contribution in [0.25, 0.3) is 5.69 Å². The number of rotatable bonds is 5. The van der Waals surface area contributed by atoms with Crippen molar-refractivity contribution in [2.75, 3.05) is 5.32 Å². The summed E-state index contributed by atoms with van der Waals surface area (Å²) in [7, 11) is 0. The molecule has 134 valence electrons. The van der Waals surface area contributed by atoms with E-state index in [2.05, 4.69) is 25.8 Å². The number of pyridine rings is 1. The topological polar surface area (TPSA) is 85.6 Å². The molecule has 7 nitrogen and oxygen atoms in total. The number of aryl methyl sites for hydroxylation is 2. The number of carbonyl (C=O) groups is 1. The molecule has 2 aromatic heterocycles. The first-order valence-corrected chi connectivity index (χ1v) is 9.15. The van der Waals surface area contributed by atoms with Crippen LogP contribution in [0, 0.1) is 13.8 Å². The Bertz CT molecular complexity index is 945. The lowest BCUT2D eigenvalue weighted by atomic mass is 10.1. The molecule has 0 saturated carbocycles. The lowest BCUT2D eigenvalue weighted by Crippen LogP contribution is -2.23. The SMILES string of the molecule is Cc1ccc(C)c(-n2nnnc2S[C@H](C)C(=O)Nc2cccnc2Cl)c1. The van der Waals surface area contributed by atoms with Crippen LogP contribution in [0.5, 0.6) is 0 Å². The van der Waals surface area contributed by atoms with Crippen LogP contribution in [-0.2, 0) is 4.79 Å². The summed E-state index contributed by atoms with van der Waals surface area (Å²) >= 11 is 7.25. The van der Waals surface area contributed by atoms with Gasteiger partial charge in [-0.3, -0.25) is 4.79 Å². The Hall–Kier alpha value is -2.45. The Morgan fingerprint density at radius 2 is 2.12 bits per heavy atom. The predicted octanol–water partition coefficient (Wildman–Crippen LogP) is 3.45. The number of aromatic nitrogens is 5. The van der Waals surface area contributed by atoms with E-state index in [9.17, 15) is 4.79 Å². The van der Waals surface area contributed by atoms with Crippen molar-refractivity contribution in [2.24, 2.45) is 0 Å². The van der Waals surface area contributed by atoms with E-state index < -0.39 is 5.25 Å². The minimum Gasteiger partial charge on any atom is -0.322 e. The summed E-state index contributed by atoms with van der Waals surface area (Å²) in [6.07, 6.45) is 1.56. The average molecular weight is 389 g/mol. The number of nitrogens with one attached hydrogen (secondary N) is 1. The fraction of sp³-hybridized carbons (Fsp3) is 0.235. The molecule has 0 radical (unpaired) electrons. The third kappa shape index (κ3) is 4.03. The molecule has 0 aliphatic carbocycles. The van der Waals surface area contributed by atoms with Gasteiger partial charge in [-0.1, -0.05) is 35.5 Å². The molecule has 1 amide bonds. The highest BCUT2D eigenvalue weighted by Gasteiger charge is 2.20. The van der Waals surface area contributed by atoms with Crippen molar-refractivity contribution in [1.29, 1.82) is 0 Å². The van der Waals surface area contributed by atoms with E-state index in [1.807, 2.05) is 32.0 Å². The van der Waals surface area contributed by atoms with E-state index in [1.165, 1.54) is 11.8 Å². The molecule has 1 N–H and O–H groups in total. The summed E-state index contributed by atoms with van der Waals surface area (Å²) in [6, 6.07) is 9.46. The number of thioether (sulfide) groups is 1. The zero-order valence-corrected chi connectivity index (χ0v) is 16.0. The van der Waals surface area contributed by atoms with Crippen LogP contribution in [-0.4, -0.2) is 36.3 Å². The monoisotopic (exact) mass is 388 g/mol. The summed E-state index contributed by atoms with van der Waals surface area (Å²) in [6.45, 7) is 5.78. The second-order valence-electron chi connectivity index (χ2n) is 5.75. The number of carbonyl (C=O) groups excluding carboxylic acids is 1. The van der Waals surface area contributed by atoms with Gasteiger partial charge in [-0.2, -0.15) is 4.68 Å². The lowest BCUT2D eigenvalue weighted by molar-refractivity contribution is -0.115. The molecule has 0 aliphatic heterocycles. The van der Waals surface area contributed by atoms with Crippen LogP contribution in [0.3, 0.4) is 0 Å². The van der Waals surface area contributed by atoms with Crippen LogP contribution in [0.2, 0.25) is 5.15 Å². The molecule has 0 spiro atoms. The normalized spacial score (nSPS) is 12.0. The highest BCUT2D eigenvalue weighted by molar-refractivity contribution is 8.00. The zero-order chi connectivity index (χ0) is 18.7. The molecular weight excluding hydrogens is 372 g/mol. The number of benzene rings is 1. The maximum Gasteiger partial charge on any atom is 0.237 e. The summed E-state index contributed by atoms with van der Waals surface area (Å²) in [4.78, 5) is 16.4. The van der Waals surface area contributed by atoms with Gasteiger partial charge in [0.1, 0.15) is 0 Å². The number of halogens is 1. The van der Waals surface area contributed by atoms with Crippen molar-refractivity contribution >= 4 is 35.0 Å². The van der Waals surface area contributed by atoms with Crippen molar-refractivity contribution < 1.29 is 4.79 Å². The van der Waals surface area contributed by atoms with E-state index in [0.717, 1.165) is 16.8 Å². The fourth-order valence-corrected chi connectivity index (χ4v) is 3.24. The molecule has 0 fully saturated rings. The highest BCUT2D eigenvalue weighted by Crippen LogP contribution is 2.26. The number of tetrazole rings is 1. The smallest absolute Gasteiger partial charge is 0.237 e. The number of hydrogen-bond acceptors (Lipinski definition) is 6. The second kappa shape index (κ2) is 7.84. The Morgan fingerprint density at radius 3 is 2.88 bits per heavy atom. The van der Waals surface area contributed by atoms with Gasteiger partial charge in [-0.05, 0) is 60.5 Å². The molecule has 1 atom stereocenters. The summed E-state index contributed by atoms with van der Waals surface area (Å²) in [5.74, 6) is -0.208. The number of nitrogens with zero attached hydrogens (tertiary/aromatic N) is 5.